The lowest BCUT2D eigenvalue weighted by Crippen LogP contribution is -2.47. The Morgan fingerprint density at radius 2 is 1.97 bits per heavy atom. The van der Waals surface area contributed by atoms with Crippen molar-refractivity contribution < 1.29 is 17.6 Å². The van der Waals surface area contributed by atoms with Gasteiger partial charge in [0.15, 0.2) is 5.96 Å². The molecule has 0 saturated heterocycles. The van der Waals surface area contributed by atoms with E-state index in [0.717, 1.165) is 43.3 Å². The van der Waals surface area contributed by atoms with Crippen LogP contribution in [0.25, 0.3) is 0 Å². The van der Waals surface area contributed by atoms with Crippen molar-refractivity contribution in [2.24, 2.45) is 15.5 Å². The van der Waals surface area contributed by atoms with E-state index in [2.05, 4.69) is 10.6 Å². The first-order valence-electron chi connectivity index (χ1n) is 10.6. The number of aliphatic imine (C=N–C) groups is 1. The van der Waals surface area contributed by atoms with E-state index in [1.807, 2.05) is 12.1 Å². The first kappa shape index (κ1) is 26.6. The molecule has 0 radical (unpaired) electrons. The van der Waals surface area contributed by atoms with Crippen LogP contribution in [0.5, 0.6) is 0 Å². The smallest absolute Gasteiger partial charge is 0.238 e. The molecule has 4 N–H and O–H groups in total. The highest BCUT2D eigenvalue weighted by Gasteiger charge is 2.36. The first-order chi connectivity index (χ1) is 14.9. The Bertz CT molecular complexity index is 943. The summed E-state index contributed by atoms with van der Waals surface area (Å²) >= 11 is 0. The molecule has 10 heteroatoms. The van der Waals surface area contributed by atoms with E-state index in [4.69, 9.17) is 19.3 Å². The van der Waals surface area contributed by atoms with E-state index in [1.165, 1.54) is 31.4 Å². The van der Waals surface area contributed by atoms with E-state index < -0.39 is 10.0 Å². The van der Waals surface area contributed by atoms with Gasteiger partial charge in [-0.2, -0.15) is 0 Å². The number of guanidine groups is 1. The van der Waals surface area contributed by atoms with Gasteiger partial charge in [-0.1, -0.05) is 18.6 Å². The number of primary sulfonamides is 1. The zero-order chi connectivity index (χ0) is 22.2. The van der Waals surface area contributed by atoms with E-state index >= 15 is 0 Å². The van der Waals surface area contributed by atoms with Crippen LogP contribution in [0.1, 0.15) is 37.0 Å². The van der Waals surface area contributed by atoms with Gasteiger partial charge in [0.2, 0.25) is 10.0 Å². The van der Waals surface area contributed by atoms with Gasteiger partial charge in [-0.05, 0) is 54.5 Å². The Morgan fingerprint density at radius 3 is 2.53 bits per heavy atom. The van der Waals surface area contributed by atoms with Crippen molar-refractivity contribution in [3.8, 4) is 0 Å². The van der Waals surface area contributed by atoms with Gasteiger partial charge in [-0.3, -0.25) is 0 Å². The summed E-state index contributed by atoms with van der Waals surface area (Å²) < 4.78 is 33.5. The van der Waals surface area contributed by atoms with Crippen molar-refractivity contribution in [3.05, 3.63) is 54.0 Å². The number of halogens is 1. The summed E-state index contributed by atoms with van der Waals surface area (Å²) in [5.41, 5.74) is 1.16. The van der Waals surface area contributed by atoms with Gasteiger partial charge in [0.05, 0.1) is 17.7 Å². The van der Waals surface area contributed by atoms with E-state index in [9.17, 15) is 8.42 Å². The molecule has 3 rings (SSSR count). The number of benzene rings is 1. The number of sulfonamides is 1. The number of rotatable bonds is 11. The summed E-state index contributed by atoms with van der Waals surface area (Å²) in [6.45, 7) is 2.71. The quantitative estimate of drug-likeness (QED) is 0.215. The maximum absolute atomic E-state index is 11.4. The van der Waals surface area contributed by atoms with Crippen LogP contribution in [0.4, 0.5) is 0 Å². The third kappa shape index (κ3) is 8.05. The monoisotopic (exact) mass is 576 g/mol. The predicted octanol–water partition coefficient (Wildman–Crippen LogP) is 3.03. The average Bonchev–Trinajstić information content (AvgIpc) is 3.23. The molecule has 0 unspecified atom stereocenters. The minimum absolute atomic E-state index is 0. The molecule has 1 aromatic heterocycles. The molecule has 32 heavy (non-hydrogen) atoms. The number of nitrogens with one attached hydrogen (secondary N) is 2. The average molecular weight is 577 g/mol. The number of hydrogen-bond acceptors (Lipinski definition) is 5. The summed E-state index contributed by atoms with van der Waals surface area (Å²) in [5, 5.41) is 12.0. The molecule has 2 aromatic rings. The van der Waals surface area contributed by atoms with Crippen LogP contribution < -0.4 is 15.8 Å². The fourth-order valence-electron chi connectivity index (χ4n) is 3.67. The van der Waals surface area contributed by atoms with Gasteiger partial charge in [0, 0.05) is 33.2 Å². The Labute approximate surface area is 207 Å². The Kier molecular flexibility index (Phi) is 10.5. The van der Waals surface area contributed by atoms with Crippen LogP contribution >= 0.6 is 24.0 Å². The predicted molar refractivity (Wildman–Crippen MR) is 136 cm³/mol. The topological polar surface area (TPSA) is 119 Å². The summed E-state index contributed by atoms with van der Waals surface area (Å²) in [6, 6.07) is 10.3. The van der Waals surface area contributed by atoms with Gasteiger partial charge < -0.3 is 19.8 Å². The molecule has 1 aliphatic carbocycles. The number of nitrogens with zero attached hydrogens (tertiary/aromatic N) is 1. The molecule has 178 valence electrons. The lowest BCUT2D eigenvalue weighted by molar-refractivity contribution is 0.0732. The normalized spacial score (nSPS) is 15.5. The molecule has 1 aromatic carbocycles. The Hall–Kier alpha value is -1.63. The molecule has 0 amide bonds. The van der Waals surface area contributed by atoms with Crippen molar-refractivity contribution in [2.75, 3.05) is 26.8 Å². The lowest BCUT2D eigenvalue weighted by atomic mass is 9.67. The van der Waals surface area contributed by atoms with Gasteiger partial charge in [-0.15, -0.1) is 24.0 Å². The number of methoxy groups -OCH3 is 1. The molecular formula is C22H33IN4O4S. The highest BCUT2D eigenvalue weighted by atomic mass is 127. The number of ether oxygens (including phenoxy) is 1. The third-order valence-corrected chi connectivity index (χ3v) is 6.73. The summed E-state index contributed by atoms with van der Waals surface area (Å²) in [4.78, 5) is 4.80. The molecule has 0 bridgehead atoms. The molecule has 1 saturated carbocycles. The van der Waals surface area contributed by atoms with Crippen molar-refractivity contribution >= 4 is 40.0 Å². The second-order valence-corrected chi connectivity index (χ2v) is 9.62. The van der Waals surface area contributed by atoms with Crippen LogP contribution in [0, 0.1) is 5.41 Å². The van der Waals surface area contributed by atoms with Crippen LogP contribution in [0.15, 0.2) is 57.0 Å². The van der Waals surface area contributed by atoms with Crippen LogP contribution in [0.3, 0.4) is 0 Å². The molecule has 0 aliphatic heterocycles. The zero-order valence-electron chi connectivity index (χ0n) is 18.4. The molecule has 1 fully saturated rings. The molecule has 0 spiro atoms. The van der Waals surface area contributed by atoms with Crippen molar-refractivity contribution in [2.45, 2.75) is 43.5 Å². The van der Waals surface area contributed by atoms with Crippen molar-refractivity contribution in [3.63, 3.8) is 0 Å². The van der Waals surface area contributed by atoms with Gasteiger partial charge >= 0.3 is 0 Å². The van der Waals surface area contributed by atoms with Gasteiger partial charge in [0.25, 0.3) is 0 Å². The van der Waals surface area contributed by atoms with Crippen LogP contribution in [0.2, 0.25) is 0 Å². The van der Waals surface area contributed by atoms with E-state index in [1.54, 1.807) is 25.5 Å². The second kappa shape index (κ2) is 12.6. The highest BCUT2D eigenvalue weighted by Crippen LogP contribution is 2.43. The lowest BCUT2D eigenvalue weighted by Gasteiger charge is -2.42. The Morgan fingerprint density at radius 1 is 1.22 bits per heavy atom. The number of nitrogens with two attached hydrogens (primary N) is 1. The summed E-state index contributed by atoms with van der Waals surface area (Å²) in [5.74, 6) is 1.65. The molecule has 1 heterocycles. The summed E-state index contributed by atoms with van der Waals surface area (Å²) in [7, 11) is -1.95. The van der Waals surface area contributed by atoms with E-state index in [-0.39, 0.29) is 34.3 Å². The van der Waals surface area contributed by atoms with Crippen LogP contribution in [-0.2, 0) is 27.7 Å². The molecule has 1 aliphatic rings. The maximum Gasteiger partial charge on any atom is 0.238 e. The highest BCUT2D eigenvalue weighted by molar-refractivity contribution is 14.0. The second-order valence-electron chi connectivity index (χ2n) is 8.06. The molecular weight excluding hydrogens is 543 g/mol. The number of hydrogen-bond donors (Lipinski definition) is 3. The SMILES string of the molecule is COCCC1(CNC(=NCc2ccc(S(N)(=O)=O)cc2)NCCc2ccco2)CCC1.I. The third-order valence-electron chi connectivity index (χ3n) is 5.80. The standard InChI is InChI=1S/C22H32N4O4S.HI/c1-29-15-12-22(10-3-11-22)17-26-21(24-13-9-19-4-2-14-30-19)25-16-18-5-7-20(8-6-18)31(23,27)28;/h2,4-8,14H,3,9-13,15-17H2,1H3,(H2,23,27,28)(H2,24,25,26);1H. The first-order valence-corrected chi connectivity index (χ1v) is 12.1. The van der Waals surface area contributed by atoms with Crippen molar-refractivity contribution in [1.82, 2.24) is 10.6 Å². The molecule has 0 atom stereocenters. The van der Waals surface area contributed by atoms with Gasteiger partial charge in [-0.25, -0.2) is 18.5 Å². The number of furan rings is 1. The maximum atomic E-state index is 11.4. The van der Waals surface area contributed by atoms with E-state index in [0.29, 0.717) is 13.1 Å². The summed E-state index contributed by atoms with van der Waals surface area (Å²) in [6.07, 6.45) is 7.09. The fourth-order valence-corrected chi connectivity index (χ4v) is 4.19. The largest absolute Gasteiger partial charge is 0.469 e. The fraction of sp³-hybridized carbons (Fsp3) is 0.500. The zero-order valence-corrected chi connectivity index (χ0v) is 21.5. The van der Waals surface area contributed by atoms with Crippen molar-refractivity contribution in [1.29, 1.82) is 0 Å². The van der Waals surface area contributed by atoms with Crippen LogP contribution in [-0.4, -0.2) is 41.2 Å². The molecule has 8 nitrogen and oxygen atoms in total. The minimum atomic E-state index is -3.69. The minimum Gasteiger partial charge on any atom is -0.469 e. The Balaban J connectivity index is 0.00000363. The van der Waals surface area contributed by atoms with Gasteiger partial charge in [0.1, 0.15) is 5.76 Å².